The number of hydrogen-bond acceptors (Lipinski definition) is 4. The predicted molar refractivity (Wildman–Crippen MR) is 102 cm³/mol. The number of nitrogens with zero attached hydrogens (tertiary/aromatic N) is 3. The number of aryl methyl sites for hydroxylation is 1. The van der Waals surface area contributed by atoms with Crippen molar-refractivity contribution >= 4 is 16.7 Å². The van der Waals surface area contributed by atoms with Gasteiger partial charge >= 0.3 is 0 Å². The largest absolute Gasteiger partial charge is 0.361 e. The second-order valence-corrected chi connectivity index (χ2v) is 6.76. The van der Waals surface area contributed by atoms with Gasteiger partial charge in [0.25, 0.3) is 0 Å². The third kappa shape index (κ3) is 3.66. The quantitative estimate of drug-likeness (QED) is 0.751. The monoisotopic (exact) mass is 335 g/mol. The van der Waals surface area contributed by atoms with E-state index in [1.807, 2.05) is 6.20 Å². The molecule has 0 unspecified atom stereocenters. The molecule has 25 heavy (non-hydrogen) atoms. The van der Waals surface area contributed by atoms with E-state index >= 15 is 0 Å². The number of nitrogens with one attached hydrogen (secondary N) is 2. The van der Waals surface area contributed by atoms with Gasteiger partial charge in [-0.15, -0.1) is 0 Å². The molecular formula is C20H25N5. The van der Waals surface area contributed by atoms with Crippen LogP contribution in [0.5, 0.6) is 0 Å². The van der Waals surface area contributed by atoms with Crippen LogP contribution in [0.1, 0.15) is 31.0 Å². The van der Waals surface area contributed by atoms with Gasteiger partial charge in [0.1, 0.15) is 12.1 Å². The van der Waals surface area contributed by atoms with Gasteiger partial charge in [-0.25, -0.2) is 9.97 Å². The predicted octanol–water partition coefficient (Wildman–Crippen LogP) is 3.28. The van der Waals surface area contributed by atoms with E-state index in [2.05, 4.69) is 62.4 Å². The summed E-state index contributed by atoms with van der Waals surface area (Å²) in [4.78, 5) is 14.4. The molecule has 0 aliphatic carbocycles. The van der Waals surface area contributed by atoms with E-state index in [4.69, 9.17) is 0 Å². The van der Waals surface area contributed by atoms with Gasteiger partial charge in [-0.05, 0) is 48.4 Å². The normalized spacial score (nSPS) is 15.8. The molecule has 1 fully saturated rings. The molecule has 1 aliphatic heterocycles. The topological polar surface area (TPSA) is 56.8 Å². The SMILES string of the molecule is CCc1cc(N2CCC(NCc3ccc4[nH]ccc4c3)CC2)ncn1. The fourth-order valence-corrected chi connectivity index (χ4v) is 3.54. The summed E-state index contributed by atoms with van der Waals surface area (Å²) in [6, 6.07) is 11.5. The first-order chi connectivity index (χ1) is 12.3. The molecule has 1 aromatic carbocycles. The first kappa shape index (κ1) is 16.1. The van der Waals surface area contributed by atoms with E-state index in [1.165, 1.54) is 16.5 Å². The van der Waals surface area contributed by atoms with Crippen molar-refractivity contribution in [3.05, 3.63) is 54.1 Å². The minimum Gasteiger partial charge on any atom is -0.361 e. The van der Waals surface area contributed by atoms with Crippen molar-refractivity contribution in [3.63, 3.8) is 0 Å². The molecule has 130 valence electrons. The Kier molecular flexibility index (Phi) is 4.65. The van der Waals surface area contributed by atoms with Gasteiger partial charge in [0.15, 0.2) is 0 Å². The number of rotatable bonds is 5. The number of benzene rings is 1. The highest BCUT2D eigenvalue weighted by atomic mass is 15.2. The molecule has 3 heterocycles. The number of piperidine rings is 1. The van der Waals surface area contributed by atoms with Crippen LogP contribution >= 0.6 is 0 Å². The van der Waals surface area contributed by atoms with E-state index in [1.54, 1.807) is 6.33 Å². The minimum atomic E-state index is 0.575. The van der Waals surface area contributed by atoms with Crippen molar-refractivity contribution in [3.8, 4) is 0 Å². The number of aromatic amines is 1. The van der Waals surface area contributed by atoms with Crippen LogP contribution in [0.3, 0.4) is 0 Å². The summed E-state index contributed by atoms with van der Waals surface area (Å²) in [6.07, 6.45) is 6.94. The van der Waals surface area contributed by atoms with Gasteiger partial charge in [0.05, 0.1) is 0 Å². The molecule has 2 N–H and O–H groups in total. The van der Waals surface area contributed by atoms with Crippen molar-refractivity contribution in [2.45, 2.75) is 38.8 Å². The highest BCUT2D eigenvalue weighted by Crippen LogP contribution is 2.19. The highest BCUT2D eigenvalue weighted by molar-refractivity contribution is 5.79. The molecule has 0 saturated carbocycles. The molecule has 4 rings (SSSR count). The summed E-state index contributed by atoms with van der Waals surface area (Å²) >= 11 is 0. The Morgan fingerprint density at radius 3 is 2.88 bits per heavy atom. The molecule has 0 spiro atoms. The van der Waals surface area contributed by atoms with Crippen LogP contribution in [0.25, 0.3) is 10.9 Å². The lowest BCUT2D eigenvalue weighted by Gasteiger charge is -2.33. The van der Waals surface area contributed by atoms with Gasteiger partial charge in [-0.3, -0.25) is 0 Å². The molecule has 0 amide bonds. The maximum atomic E-state index is 4.44. The lowest BCUT2D eigenvalue weighted by atomic mass is 10.0. The van der Waals surface area contributed by atoms with Crippen LogP contribution in [-0.2, 0) is 13.0 Å². The number of anilines is 1. The average Bonchev–Trinajstić information content (AvgIpc) is 3.14. The smallest absolute Gasteiger partial charge is 0.132 e. The van der Waals surface area contributed by atoms with Crippen LogP contribution < -0.4 is 10.2 Å². The maximum absolute atomic E-state index is 4.44. The van der Waals surface area contributed by atoms with Crippen molar-refractivity contribution in [1.82, 2.24) is 20.3 Å². The van der Waals surface area contributed by atoms with Crippen LogP contribution in [0, 0.1) is 0 Å². The zero-order valence-electron chi connectivity index (χ0n) is 14.7. The number of aromatic nitrogens is 3. The number of hydrogen-bond donors (Lipinski definition) is 2. The number of fused-ring (bicyclic) bond motifs is 1. The van der Waals surface area contributed by atoms with Crippen molar-refractivity contribution in [2.75, 3.05) is 18.0 Å². The third-order valence-corrected chi connectivity index (χ3v) is 5.10. The van der Waals surface area contributed by atoms with Crippen molar-refractivity contribution in [2.24, 2.45) is 0 Å². The Morgan fingerprint density at radius 1 is 1.16 bits per heavy atom. The van der Waals surface area contributed by atoms with Crippen molar-refractivity contribution in [1.29, 1.82) is 0 Å². The summed E-state index contributed by atoms with van der Waals surface area (Å²) in [6.45, 7) is 5.16. The first-order valence-corrected chi connectivity index (χ1v) is 9.17. The zero-order valence-corrected chi connectivity index (χ0v) is 14.7. The molecule has 2 aromatic heterocycles. The zero-order chi connectivity index (χ0) is 17.1. The van der Waals surface area contributed by atoms with E-state index in [-0.39, 0.29) is 0 Å². The standard InChI is InChI=1S/C20H25N5/c1-2-17-12-20(24-14-23-17)25-9-6-18(7-10-25)22-13-15-3-4-19-16(11-15)5-8-21-19/h3-5,8,11-12,14,18,21-22H,2,6-7,9-10,13H2,1H3. The molecule has 3 aromatic rings. The summed E-state index contributed by atoms with van der Waals surface area (Å²) in [5, 5.41) is 5.00. The average molecular weight is 335 g/mol. The minimum absolute atomic E-state index is 0.575. The van der Waals surface area contributed by atoms with Crippen molar-refractivity contribution < 1.29 is 0 Å². The van der Waals surface area contributed by atoms with Gasteiger partial charge in [0.2, 0.25) is 0 Å². The third-order valence-electron chi connectivity index (χ3n) is 5.10. The summed E-state index contributed by atoms with van der Waals surface area (Å²) < 4.78 is 0. The lowest BCUT2D eigenvalue weighted by molar-refractivity contribution is 0.412. The Hall–Kier alpha value is -2.40. The van der Waals surface area contributed by atoms with E-state index in [0.717, 1.165) is 50.4 Å². The Balaban J connectivity index is 1.31. The summed E-state index contributed by atoms with van der Waals surface area (Å²) in [5.74, 6) is 1.07. The van der Waals surface area contributed by atoms with Gasteiger partial charge in [-0.1, -0.05) is 13.0 Å². The summed E-state index contributed by atoms with van der Waals surface area (Å²) in [5.41, 5.74) is 3.66. The molecule has 1 saturated heterocycles. The highest BCUT2D eigenvalue weighted by Gasteiger charge is 2.20. The first-order valence-electron chi connectivity index (χ1n) is 9.17. The fraction of sp³-hybridized carbons (Fsp3) is 0.400. The van der Waals surface area contributed by atoms with Gasteiger partial charge < -0.3 is 15.2 Å². The fourth-order valence-electron chi connectivity index (χ4n) is 3.54. The Bertz CT molecular complexity index is 833. The molecule has 5 nitrogen and oxygen atoms in total. The maximum Gasteiger partial charge on any atom is 0.132 e. The van der Waals surface area contributed by atoms with Gasteiger partial charge in [-0.2, -0.15) is 0 Å². The second kappa shape index (κ2) is 7.23. The summed E-state index contributed by atoms with van der Waals surface area (Å²) in [7, 11) is 0. The van der Waals surface area contributed by atoms with Crippen LogP contribution in [0.15, 0.2) is 42.9 Å². The molecule has 0 bridgehead atoms. The van der Waals surface area contributed by atoms with E-state index in [9.17, 15) is 0 Å². The Morgan fingerprint density at radius 2 is 2.04 bits per heavy atom. The van der Waals surface area contributed by atoms with Crippen LogP contribution in [0.2, 0.25) is 0 Å². The molecule has 0 atom stereocenters. The Labute approximate surface area is 148 Å². The molecule has 5 heteroatoms. The molecule has 1 aliphatic rings. The van der Waals surface area contributed by atoms with Crippen LogP contribution in [-0.4, -0.2) is 34.1 Å². The van der Waals surface area contributed by atoms with Crippen LogP contribution in [0.4, 0.5) is 5.82 Å². The van der Waals surface area contributed by atoms with E-state index < -0.39 is 0 Å². The molecule has 0 radical (unpaired) electrons. The van der Waals surface area contributed by atoms with Gasteiger partial charge in [0, 0.05) is 49.1 Å². The molecular weight excluding hydrogens is 310 g/mol. The second-order valence-electron chi connectivity index (χ2n) is 6.76. The van der Waals surface area contributed by atoms with E-state index in [0.29, 0.717) is 6.04 Å². The lowest BCUT2D eigenvalue weighted by Crippen LogP contribution is -2.42. The number of H-pyrrole nitrogens is 1.